The van der Waals surface area contributed by atoms with Crippen LogP contribution in [-0.4, -0.2) is 18.1 Å². The molecule has 1 aliphatic carbocycles. The zero-order valence-corrected chi connectivity index (χ0v) is 12.2. The van der Waals surface area contributed by atoms with E-state index in [0.29, 0.717) is 5.41 Å². The molecule has 0 atom stereocenters. The van der Waals surface area contributed by atoms with Crippen molar-refractivity contribution < 1.29 is 4.74 Å². The highest BCUT2D eigenvalue weighted by Gasteiger charge is 2.26. The first-order valence-electron chi connectivity index (χ1n) is 7.55. The maximum absolute atomic E-state index is 5.73. The molecule has 1 saturated carbocycles. The number of hydrogen-bond donors (Lipinski definition) is 1. The minimum absolute atomic E-state index is 0.414. The van der Waals surface area contributed by atoms with Gasteiger partial charge >= 0.3 is 0 Å². The van der Waals surface area contributed by atoms with Crippen molar-refractivity contribution in [2.45, 2.75) is 52.4 Å². The lowest BCUT2D eigenvalue weighted by atomic mass is 9.76. The summed E-state index contributed by atoms with van der Waals surface area (Å²) in [4.78, 5) is 4.41. The minimum atomic E-state index is 0.414. The molecule has 0 bridgehead atoms. The lowest BCUT2D eigenvalue weighted by molar-refractivity contribution is 0.232. The molecule has 106 valence electrons. The summed E-state index contributed by atoms with van der Waals surface area (Å²) in [6.45, 7) is 6.24. The topological polar surface area (TPSA) is 34.1 Å². The number of nitrogens with zero attached hydrogens (tertiary/aromatic N) is 1. The zero-order chi connectivity index (χ0) is 13.6. The molecule has 19 heavy (non-hydrogen) atoms. The van der Waals surface area contributed by atoms with Crippen LogP contribution in [0.25, 0.3) is 0 Å². The Labute approximate surface area is 116 Å². The number of pyridine rings is 1. The minimum Gasteiger partial charge on any atom is -0.490 e. The second kappa shape index (κ2) is 6.78. The first-order chi connectivity index (χ1) is 9.23. The first kappa shape index (κ1) is 14.2. The van der Waals surface area contributed by atoms with Crippen LogP contribution in [0, 0.1) is 5.41 Å². The summed E-state index contributed by atoms with van der Waals surface area (Å²) < 4.78 is 5.73. The summed E-state index contributed by atoms with van der Waals surface area (Å²) in [6, 6.07) is 3.92. The van der Waals surface area contributed by atoms with Gasteiger partial charge < -0.3 is 10.1 Å². The van der Waals surface area contributed by atoms with Crippen LogP contribution in [0.4, 0.5) is 5.82 Å². The number of nitrogens with one attached hydrogen (secondary N) is 1. The summed E-state index contributed by atoms with van der Waals surface area (Å²) in [5, 5.41) is 3.50. The van der Waals surface area contributed by atoms with E-state index in [1.54, 1.807) is 0 Å². The predicted molar refractivity (Wildman–Crippen MR) is 79.7 cm³/mol. The van der Waals surface area contributed by atoms with E-state index < -0.39 is 0 Å². The van der Waals surface area contributed by atoms with E-state index in [0.717, 1.165) is 31.1 Å². The summed E-state index contributed by atoms with van der Waals surface area (Å²) in [6.07, 6.45) is 9.59. The third-order valence-corrected chi connectivity index (χ3v) is 3.98. The molecule has 0 unspecified atom stereocenters. The Morgan fingerprint density at radius 2 is 2.11 bits per heavy atom. The fourth-order valence-electron chi connectivity index (χ4n) is 2.73. The van der Waals surface area contributed by atoms with Crippen LogP contribution in [0.3, 0.4) is 0 Å². The summed E-state index contributed by atoms with van der Waals surface area (Å²) >= 11 is 0. The van der Waals surface area contributed by atoms with Crippen LogP contribution in [0.2, 0.25) is 0 Å². The molecule has 0 saturated heterocycles. The number of ether oxygens (including phenoxy) is 1. The second-order valence-electron chi connectivity index (χ2n) is 5.92. The molecule has 1 aromatic rings. The average Bonchev–Trinajstić information content (AvgIpc) is 2.45. The molecular formula is C16H26N2O. The Morgan fingerprint density at radius 3 is 2.84 bits per heavy atom. The Morgan fingerprint density at radius 1 is 1.32 bits per heavy atom. The van der Waals surface area contributed by atoms with Gasteiger partial charge in [0.25, 0.3) is 0 Å². The molecule has 0 radical (unpaired) electrons. The lowest BCUT2D eigenvalue weighted by Gasteiger charge is -2.34. The summed E-state index contributed by atoms with van der Waals surface area (Å²) in [7, 11) is 0. The number of hydrogen-bond acceptors (Lipinski definition) is 3. The normalized spacial score (nSPS) is 18.0. The fourth-order valence-corrected chi connectivity index (χ4v) is 2.73. The van der Waals surface area contributed by atoms with Crippen molar-refractivity contribution in [2.75, 3.05) is 18.5 Å². The van der Waals surface area contributed by atoms with Crippen molar-refractivity contribution in [2.24, 2.45) is 5.41 Å². The summed E-state index contributed by atoms with van der Waals surface area (Å²) in [5.41, 5.74) is 0.414. The van der Waals surface area contributed by atoms with Crippen molar-refractivity contribution in [3.05, 3.63) is 18.3 Å². The van der Waals surface area contributed by atoms with Crippen LogP contribution in [0.15, 0.2) is 18.3 Å². The number of anilines is 1. The van der Waals surface area contributed by atoms with Gasteiger partial charge in [0.2, 0.25) is 0 Å². The van der Waals surface area contributed by atoms with Crippen molar-refractivity contribution >= 4 is 5.82 Å². The second-order valence-corrected chi connectivity index (χ2v) is 5.92. The van der Waals surface area contributed by atoms with Crippen LogP contribution in [0.5, 0.6) is 5.75 Å². The Balaban J connectivity index is 1.94. The van der Waals surface area contributed by atoms with Gasteiger partial charge in [-0.15, -0.1) is 0 Å². The fraction of sp³-hybridized carbons (Fsp3) is 0.688. The van der Waals surface area contributed by atoms with E-state index in [4.69, 9.17) is 4.74 Å². The number of aromatic nitrogens is 1. The Hall–Kier alpha value is -1.25. The van der Waals surface area contributed by atoms with Gasteiger partial charge in [-0.05, 0) is 36.8 Å². The maximum Gasteiger partial charge on any atom is 0.168 e. The van der Waals surface area contributed by atoms with Crippen LogP contribution >= 0.6 is 0 Å². The van der Waals surface area contributed by atoms with Crippen LogP contribution in [0.1, 0.15) is 52.4 Å². The molecule has 3 nitrogen and oxygen atoms in total. The van der Waals surface area contributed by atoms with Gasteiger partial charge in [0.1, 0.15) is 0 Å². The van der Waals surface area contributed by atoms with E-state index in [9.17, 15) is 0 Å². The van der Waals surface area contributed by atoms with E-state index in [-0.39, 0.29) is 0 Å². The third kappa shape index (κ3) is 4.12. The van der Waals surface area contributed by atoms with Crippen LogP contribution in [-0.2, 0) is 0 Å². The highest BCUT2D eigenvalue weighted by molar-refractivity contribution is 5.49. The average molecular weight is 262 g/mol. The Bertz CT molecular complexity index is 386. The molecule has 1 N–H and O–H groups in total. The van der Waals surface area contributed by atoms with E-state index >= 15 is 0 Å². The first-order valence-corrected chi connectivity index (χ1v) is 7.55. The highest BCUT2D eigenvalue weighted by Crippen LogP contribution is 2.36. The molecule has 0 aromatic carbocycles. The van der Waals surface area contributed by atoms with Crippen molar-refractivity contribution in [1.29, 1.82) is 0 Å². The van der Waals surface area contributed by atoms with E-state index in [2.05, 4.69) is 24.1 Å². The van der Waals surface area contributed by atoms with Gasteiger partial charge in [0.15, 0.2) is 11.6 Å². The van der Waals surface area contributed by atoms with Gasteiger partial charge in [-0.1, -0.05) is 33.1 Å². The lowest BCUT2D eigenvalue weighted by Crippen LogP contribution is -2.29. The molecule has 1 aliphatic rings. The van der Waals surface area contributed by atoms with Gasteiger partial charge in [-0.2, -0.15) is 0 Å². The quantitative estimate of drug-likeness (QED) is 0.832. The summed E-state index contributed by atoms with van der Waals surface area (Å²) in [5.74, 6) is 1.77. The van der Waals surface area contributed by atoms with Crippen molar-refractivity contribution in [3.63, 3.8) is 0 Å². The molecule has 0 aliphatic heterocycles. The maximum atomic E-state index is 5.73. The molecule has 1 heterocycles. The largest absolute Gasteiger partial charge is 0.490 e. The van der Waals surface area contributed by atoms with Gasteiger partial charge in [-0.25, -0.2) is 4.98 Å². The van der Waals surface area contributed by atoms with Crippen LogP contribution < -0.4 is 10.1 Å². The van der Waals surface area contributed by atoms with Crippen molar-refractivity contribution in [3.8, 4) is 5.75 Å². The molecule has 0 spiro atoms. The molecule has 0 amide bonds. The molecule has 1 aromatic heterocycles. The SMILES string of the molecule is CCCOc1cccnc1NCC1(C)CCCCC1. The third-order valence-electron chi connectivity index (χ3n) is 3.98. The molecule has 1 fully saturated rings. The van der Waals surface area contributed by atoms with Crippen molar-refractivity contribution in [1.82, 2.24) is 4.98 Å². The van der Waals surface area contributed by atoms with E-state index in [1.165, 1.54) is 32.1 Å². The number of rotatable bonds is 6. The van der Waals surface area contributed by atoms with Gasteiger partial charge in [0, 0.05) is 12.7 Å². The standard InChI is InChI=1S/C16H26N2O/c1-3-12-19-14-8-7-11-17-15(14)18-13-16(2)9-5-4-6-10-16/h7-8,11H,3-6,9-10,12-13H2,1-2H3,(H,17,18). The monoisotopic (exact) mass is 262 g/mol. The Kier molecular flexibility index (Phi) is 5.06. The van der Waals surface area contributed by atoms with E-state index in [1.807, 2.05) is 18.3 Å². The predicted octanol–water partition coefficient (Wildman–Crippen LogP) is 4.25. The molecule has 2 rings (SSSR count). The van der Waals surface area contributed by atoms with Gasteiger partial charge in [-0.3, -0.25) is 0 Å². The molecular weight excluding hydrogens is 236 g/mol. The van der Waals surface area contributed by atoms with Gasteiger partial charge in [0.05, 0.1) is 6.61 Å². The zero-order valence-electron chi connectivity index (χ0n) is 12.2. The smallest absolute Gasteiger partial charge is 0.168 e. The highest BCUT2D eigenvalue weighted by atomic mass is 16.5. The molecule has 3 heteroatoms.